The lowest BCUT2D eigenvalue weighted by Crippen LogP contribution is -2.43. The maximum atomic E-state index is 12.1. The predicted octanol–water partition coefficient (Wildman–Crippen LogP) is 4.86. The first-order chi connectivity index (χ1) is 11.7. The number of carbonyl (C=O) groups is 1. The van der Waals surface area contributed by atoms with Gasteiger partial charge >= 0.3 is 6.09 Å². The van der Waals surface area contributed by atoms with Crippen LogP contribution in [0.15, 0.2) is 29.6 Å². The summed E-state index contributed by atoms with van der Waals surface area (Å²) in [7, 11) is 0. The summed E-state index contributed by atoms with van der Waals surface area (Å²) in [6.45, 7) is 0. The third kappa shape index (κ3) is 1.99. The molecule has 0 unspecified atom stereocenters. The SMILES string of the molecule is N#Cc1cc(-c2ccc3c(c2)C(C2CC2)(C2CC2)OC(=O)N3)cs1. The zero-order chi connectivity index (χ0) is 16.3. The number of nitriles is 1. The van der Waals surface area contributed by atoms with Crippen molar-refractivity contribution in [1.82, 2.24) is 0 Å². The molecule has 1 amide bonds. The van der Waals surface area contributed by atoms with Crippen LogP contribution in [0.5, 0.6) is 0 Å². The third-order valence-electron chi connectivity index (χ3n) is 5.35. The lowest BCUT2D eigenvalue weighted by molar-refractivity contribution is -0.0265. The van der Waals surface area contributed by atoms with Gasteiger partial charge in [-0.3, -0.25) is 5.32 Å². The Kier molecular flexibility index (Phi) is 2.84. The Morgan fingerprint density at radius 3 is 2.54 bits per heavy atom. The molecule has 5 heteroatoms. The van der Waals surface area contributed by atoms with E-state index in [1.54, 1.807) is 0 Å². The molecule has 2 fully saturated rings. The normalized spacial score (nSPS) is 21.4. The highest BCUT2D eigenvalue weighted by Gasteiger charge is 2.60. The van der Waals surface area contributed by atoms with Gasteiger partial charge in [-0.25, -0.2) is 4.79 Å². The molecule has 3 aliphatic rings. The lowest BCUT2D eigenvalue weighted by Gasteiger charge is -2.39. The van der Waals surface area contributed by atoms with Crippen LogP contribution < -0.4 is 5.32 Å². The van der Waals surface area contributed by atoms with E-state index < -0.39 is 5.60 Å². The molecule has 0 bridgehead atoms. The van der Waals surface area contributed by atoms with Crippen molar-refractivity contribution in [2.24, 2.45) is 11.8 Å². The number of carbonyl (C=O) groups excluding carboxylic acids is 1. The molecule has 1 N–H and O–H groups in total. The summed E-state index contributed by atoms with van der Waals surface area (Å²) in [6, 6.07) is 10.3. The number of rotatable bonds is 3. The number of fused-ring (bicyclic) bond motifs is 1. The number of thiophene rings is 1. The summed E-state index contributed by atoms with van der Waals surface area (Å²) in [4.78, 5) is 12.8. The van der Waals surface area contributed by atoms with Gasteiger partial charge in [0.2, 0.25) is 0 Å². The van der Waals surface area contributed by atoms with E-state index in [1.165, 1.54) is 11.3 Å². The second-order valence-corrected chi connectivity index (χ2v) is 7.84. The molecule has 2 saturated carbocycles. The first kappa shape index (κ1) is 14.1. The molecule has 2 aromatic rings. The van der Waals surface area contributed by atoms with Gasteiger partial charge in [-0.15, -0.1) is 11.3 Å². The molecule has 0 saturated heterocycles. The van der Waals surface area contributed by atoms with Crippen LogP contribution in [0.3, 0.4) is 0 Å². The molecular weight excluding hydrogens is 320 g/mol. The minimum absolute atomic E-state index is 0.323. The Hall–Kier alpha value is -2.32. The fourth-order valence-electron chi connectivity index (χ4n) is 4.01. The molecular formula is C19H16N2O2S. The van der Waals surface area contributed by atoms with Crippen LogP contribution in [0.25, 0.3) is 11.1 Å². The number of nitrogens with one attached hydrogen (secondary N) is 1. The highest BCUT2D eigenvalue weighted by atomic mass is 32.1. The van der Waals surface area contributed by atoms with Crippen molar-refractivity contribution in [3.05, 3.63) is 40.1 Å². The number of benzene rings is 1. The van der Waals surface area contributed by atoms with Crippen LogP contribution in [-0.2, 0) is 10.3 Å². The zero-order valence-electron chi connectivity index (χ0n) is 13.0. The fourth-order valence-corrected chi connectivity index (χ4v) is 4.72. The number of nitrogens with zero attached hydrogens (tertiary/aromatic N) is 1. The molecule has 0 atom stereocenters. The minimum atomic E-state index is -0.443. The first-order valence-corrected chi connectivity index (χ1v) is 9.22. The number of anilines is 1. The van der Waals surface area contributed by atoms with Crippen LogP contribution in [-0.4, -0.2) is 6.09 Å². The van der Waals surface area contributed by atoms with Gasteiger partial charge in [-0.1, -0.05) is 6.07 Å². The van der Waals surface area contributed by atoms with Crippen LogP contribution >= 0.6 is 11.3 Å². The summed E-state index contributed by atoms with van der Waals surface area (Å²) in [5.74, 6) is 0.893. The van der Waals surface area contributed by atoms with Gasteiger partial charge in [0.15, 0.2) is 0 Å². The van der Waals surface area contributed by atoms with E-state index in [0.29, 0.717) is 16.7 Å². The van der Waals surface area contributed by atoms with Gasteiger partial charge in [-0.05, 0) is 60.4 Å². The lowest BCUT2D eigenvalue weighted by atomic mass is 9.80. The fraction of sp³-hybridized carbons (Fsp3) is 0.368. The third-order valence-corrected chi connectivity index (χ3v) is 6.18. The van der Waals surface area contributed by atoms with Gasteiger partial charge in [0, 0.05) is 17.4 Å². The number of hydrogen-bond donors (Lipinski definition) is 1. The summed E-state index contributed by atoms with van der Waals surface area (Å²) >= 11 is 1.46. The van der Waals surface area contributed by atoms with Gasteiger partial charge in [0.25, 0.3) is 0 Å². The topological polar surface area (TPSA) is 62.1 Å². The van der Waals surface area contributed by atoms with Crippen molar-refractivity contribution in [1.29, 1.82) is 5.26 Å². The van der Waals surface area contributed by atoms with Crippen molar-refractivity contribution in [2.45, 2.75) is 31.3 Å². The maximum Gasteiger partial charge on any atom is 0.412 e. The monoisotopic (exact) mass is 336 g/mol. The van der Waals surface area contributed by atoms with Crippen molar-refractivity contribution in [2.75, 3.05) is 5.32 Å². The van der Waals surface area contributed by atoms with E-state index in [1.807, 2.05) is 23.6 Å². The highest BCUT2D eigenvalue weighted by Crippen LogP contribution is 2.62. The smallest absolute Gasteiger partial charge is 0.412 e. The van der Waals surface area contributed by atoms with E-state index >= 15 is 0 Å². The van der Waals surface area contributed by atoms with Crippen molar-refractivity contribution < 1.29 is 9.53 Å². The molecule has 2 heterocycles. The summed E-state index contributed by atoms with van der Waals surface area (Å²) in [5, 5.41) is 13.9. The number of hydrogen-bond acceptors (Lipinski definition) is 4. The Labute approximate surface area is 144 Å². The molecule has 5 rings (SSSR count). The first-order valence-electron chi connectivity index (χ1n) is 8.34. The molecule has 0 radical (unpaired) electrons. The molecule has 0 spiro atoms. The van der Waals surface area contributed by atoms with Crippen LogP contribution in [0.2, 0.25) is 0 Å². The molecule has 1 aromatic carbocycles. The molecule has 120 valence electrons. The molecule has 1 aromatic heterocycles. The van der Waals surface area contributed by atoms with E-state index in [2.05, 4.69) is 17.5 Å². The largest absolute Gasteiger partial charge is 0.437 e. The van der Waals surface area contributed by atoms with E-state index in [4.69, 9.17) is 10.00 Å². The predicted molar refractivity (Wildman–Crippen MR) is 91.7 cm³/mol. The van der Waals surface area contributed by atoms with E-state index in [0.717, 1.165) is 48.1 Å². The Balaban J connectivity index is 1.66. The highest BCUT2D eigenvalue weighted by molar-refractivity contribution is 7.10. The molecule has 1 aliphatic heterocycles. The van der Waals surface area contributed by atoms with Crippen LogP contribution in [0, 0.1) is 23.2 Å². The average Bonchev–Trinajstić information content (AvgIpc) is 3.51. The zero-order valence-corrected chi connectivity index (χ0v) is 13.9. The Bertz CT molecular complexity index is 875. The molecule has 2 aliphatic carbocycles. The summed E-state index contributed by atoms with van der Waals surface area (Å²) in [5.41, 5.74) is 3.69. The number of ether oxygens (including phenoxy) is 1. The van der Waals surface area contributed by atoms with E-state index in [-0.39, 0.29) is 6.09 Å². The van der Waals surface area contributed by atoms with Gasteiger partial charge in [0.1, 0.15) is 16.5 Å². The Morgan fingerprint density at radius 2 is 1.92 bits per heavy atom. The van der Waals surface area contributed by atoms with Crippen LogP contribution in [0.4, 0.5) is 10.5 Å². The second-order valence-electron chi connectivity index (χ2n) is 6.93. The standard InChI is InChI=1S/C19H16N2O2S/c20-9-15-7-12(10-24-15)11-1-6-17-16(8-11)19(13-2-3-13,14-4-5-14)23-18(22)21-17/h1,6-8,10,13-14H,2-5H2,(H,21,22). The quantitative estimate of drug-likeness (QED) is 0.870. The van der Waals surface area contributed by atoms with Gasteiger partial charge < -0.3 is 4.74 Å². The summed E-state index contributed by atoms with van der Waals surface area (Å²) < 4.78 is 5.97. The maximum absolute atomic E-state index is 12.1. The average molecular weight is 336 g/mol. The van der Waals surface area contributed by atoms with Crippen molar-refractivity contribution in [3.8, 4) is 17.2 Å². The number of amides is 1. The van der Waals surface area contributed by atoms with Gasteiger partial charge in [0.05, 0.1) is 5.69 Å². The molecule has 24 heavy (non-hydrogen) atoms. The summed E-state index contributed by atoms with van der Waals surface area (Å²) in [6.07, 6.45) is 4.19. The second kappa shape index (κ2) is 4.84. The van der Waals surface area contributed by atoms with Gasteiger partial charge in [-0.2, -0.15) is 5.26 Å². The minimum Gasteiger partial charge on any atom is -0.437 e. The van der Waals surface area contributed by atoms with E-state index in [9.17, 15) is 4.79 Å². The Morgan fingerprint density at radius 1 is 1.17 bits per heavy atom. The van der Waals surface area contributed by atoms with Crippen molar-refractivity contribution in [3.63, 3.8) is 0 Å². The van der Waals surface area contributed by atoms with Crippen LogP contribution in [0.1, 0.15) is 36.1 Å². The number of cyclic esters (lactones) is 1. The van der Waals surface area contributed by atoms with Crippen molar-refractivity contribution >= 4 is 23.1 Å². The molecule has 4 nitrogen and oxygen atoms in total.